The number of ether oxygens (including phenoxy) is 1. The molecular weight excluding hydrogens is 188 g/mol. The first kappa shape index (κ1) is 10.1. The van der Waals surface area contributed by atoms with Gasteiger partial charge >= 0.3 is 5.97 Å². The zero-order valence-electron chi connectivity index (χ0n) is 7.21. The minimum Gasteiger partial charge on any atom is -0.462 e. The van der Waals surface area contributed by atoms with Crippen LogP contribution in [0.3, 0.4) is 0 Å². The SMILES string of the molecule is [CH]c1ccc(Cl)c(C(=O)OCC)c1. The topological polar surface area (TPSA) is 26.3 Å². The normalized spacial score (nSPS) is 9.77. The lowest BCUT2D eigenvalue weighted by Gasteiger charge is -2.04. The molecule has 0 heterocycles. The summed E-state index contributed by atoms with van der Waals surface area (Å²) in [7, 11) is 0. The number of halogens is 1. The molecule has 68 valence electrons. The highest BCUT2D eigenvalue weighted by Gasteiger charge is 2.10. The number of benzene rings is 1. The van der Waals surface area contributed by atoms with Crippen LogP contribution in [0.2, 0.25) is 5.02 Å². The minimum absolute atomic E-state index is 0.309. The third-order valence-electron chi connectivity index (χ3n) is 1.49. The summed E-state index contributed by atoms with van der Waals surface area (Å²) in [4.78, 5) is 11.3. The summed E-state index contributed by atoms with van der Waals surface area (Å²) in [5.74, 6) is -0.445. The Bertz CT molecular complexity index is 321. The van der Waals surface area contributed by atoms with Gasteiger partial charge in [0, 0.05) is 0 Å². The van der Waals surface area contributed by atoms with Crippen molar-refractivity contribution in [1.82, 2.24) is 0 Å². The summed E-state index contributed by atoms with van der Waals surface area (Å²) in [5.41, 5.74) is 0.802. The first-order valence-electron chi connectivity index (χ1n) is 3.87. The fourth-order valence-corrected chi connectivity index (χ4v) is 1.10. The fraction of sp³-hybridized carbons (Fsp3) is 0.200. The van der Waals surface area contributed by atoms with Gasteiger partial charge in [0.15, 0.2) is 0 Å². The van der Waals surface area contributed by atoms with E-state index in [9.17, 15) is 4.79 Å². The molecule has 0 N–H and O–H groups in total. The molecule has 3 heteroatoms. The monoisotopic (exact) mass is 196 g/mol. The molecule has 0 unspecified atom stereocenters. The van der Waals surface area contributed by atoms with E-state index in [1.54, 1.807) is 19.1 Å². The van der Waals surface area contributed by atoms with Crippen LogP contribution in [0.25, 0.3) is 0 Å². The van der Waals surface area contributed by atoms with Gasteiger partial charge in [-0.05, 0) is 31.5 Å². The summed E-state index contributed by atoms with van der Waals surface area (Å²) in [6.07, 6.45) is 0. The highest BCUT2D eigenvalue weighted by atomic mass is 35.5. The van der Waals surface area contributed by atoms with E-state index < -0.39 is 5.97 Å². The van der Waals surface area contributed by atoms with Gasteiger partial charge in [0.05, 0.1) is 17.2 Å². The molecular formula is C10H9ClO2. The van der Waals surface area contributed by atoms with E-state index in [1.165, 1.54) is 6.07 Å². The Hall–Kier alpha value is -1.02. The van der Waals surface area contributed by atoms with Crippen LogP contribution in [0.1, 0.15) is 22.8 Å². The molecule has 13 heavy (non-hydrogen) atoms. The summed E-state index contributed by atoms with van der Waals surface area (Å²) in [5, 5.41) is 0.354. The maximum absolute atomic E-state index is 11.3. The summed E-state index contributed by atoms with van der Waals surface area (Å²) in [6, 6.07) is 4.70. The van der Waals surface area contributed by atoms with Crippen molar-refractivity contribution >= 4 is 17.6 Å². The van der Waals surface area contributed by atoms with Crippen molar-refractivity contribution in [2.75, 3.05) is 6.61 Å². The molecule has 0 aliphatic carbocycles. The van der Waals surface area contributed by atoms with Crippen LogP contribution in [0.5, 0.6) is 0 Å². The van der Waals surface area contributed by atoms with Crippen molar-refractivity contribution in [2.45, 2.75) is 6.92 Å². The second-order valence-corrected chi connectivity index (χ2v) is 2.87. The molecule has 1 aromatic rings. The summed E-state index contributed by atoms with van der Waals surface area (Å²) >= 11 is 5.77. The second-order valence-electron chi connectivity index (χ2n) is 2.46. The van der Waals surface area contributed by atoms with Crippen LogP contribution >= 0.6 is 11.6 Å². The van der Waals surface area contributed by atoms with Gasteiger partial charge in [-0.3, -0.25) is 0 Å². The predicted molar refractivity (Wildman–Crippen MR) is 50.8 cm³/mol. The Morgan fingerprint density at radius 2 is 2.31 bits per heavy atom. The second kappa shape index (κ2) is 4.28. The molecule has 0 fully saturated rings. The molecule has 0 aliphatic heterocycles. The number of hydrogen-bond acceptors (Lipinski definition) is 2. The highest BCUT2D eigenvalue weighted by molar-refractivity contribution is 6.33. The predicted octanol–water partition coefficient (Wildman–Crippen LogP) is 2.58. The molecule has 0 aromatic heterocycles. The Labute approximate surface area is 82.5 Å². The van der Waals surface area contributed by atoms with E-state index in [1.807, 2.05) is 0 Å². The number of hydrogen-bond donors (Lipinski definition) is 0. The van der Waals surface area contributed by atoms with Crippen molar-refractivity contribution < 1.29 is 9.53 Å². The van der Waals surface area contributed by atoms with E-state index >= 15 is 0 Å². The van der Waals surface area contributed by atoms with Gasteiger partial charge in [0.2, 0.25) is 0 Å². The van der Waals surface area contributed by atoms with Crippen LogP contribution in [-0.2, 0) is 4.74 Å². The lowest BCUT2D eigenvalue weighted by atomic mass is 10.1. The zero-order chi connectivity index (χ0) is 9.84. The highest BCUT2D eigenvalue weighted by Crippen LogP contribution is 2.18. The molecule has 0 aliphatic rings. The third kappa shape index (κ3) is 2.46. The van der Waals surface area contributed by atoms with Crippen LogP contribution in [-0.4, -0.2) is 12.6 Å². The van der Waals surface area contributed by atoms with Crippen molar-refractivity contribution in [2.24, 2.45) is 0 Å². The van der Waals surface area contributed by atoms with Gasteiger partial charge in [0.25, 0.3) is 0 Å². The zero-order valence-corrected chi connectivity index (χ0v) is 7.97. The molecule has 2 radical (unpaired) electrons. The van der Waals surface area contributed by atoms with Gasteiger partial charge in [-0.25, -0.2) is 4.79 Å². The average molecular weight is 197 g/mol. The molecule has 0 saturated carbocycles. The first-order valence-corrected chi connectivity index (χ1v) is 4.25. The fourth-order valence-electron chi connectivity index (χ4n) is 0.908. The van der Waals surface area contributed by atoms with E-state index in [0.717, 1.165) is 0 Å². The van der Waals surface area contributed by atoms with Crippen molar-refractivity contribution in [3.8, 4) is 0 Å². The van der Waals surface area contributed by atoms with E-state index in [2.05, 4.69) is 0 Å². The third-order valence-corrected chi connectivity index (χ3v) is 1.82. The number of carbonyl (C=O) groups excluding carboxylic acids is 1. The number of carbonyl (C=O) groups is 1. The first-order chi connectivity index (χ1) is 6.15. The lowest BCUT2D eigenvalue weighted by Crippen LogP contribution is -2.05. The average Bonchev–Trinajstić information content (AvgIpc) is 2.09. The molecule has 0 amide bonds. The quantitative estimate of drug-likeness (QED) is 0.680. The maximum Gasteiger partial charge on any atom is 0.339 e. The van der Waals surface area contributed by atoms with Gasteiger partial charge in [-0.15, -0.1) is 0 Å². The molecule has 2 nitrogen and oxygen atoms in total. The van der Waals surface area contributed by atoms with Gasteiger partial charge in [-0.2, -0.15) is 0 Å². The van der Waals surface area contributed by atoms with Gasteiger partial charge in [-0.1, -0.05) is 17.7 Å². The standard InChI is InChI=1S/C10H9ClO2/c1-3-13-10(12)8-6-7(2)4-5-9(8)11/h2,4-6H,3H2,1H3. The van der Waals surface area contributed by atoms with E-state index in [0.29, 0.717) is 22.8 Å². The number of rotatable bonds is 2. The van der Waals surface area contributed by atoms with Crippen molar-refractivity contribution in [3.63, 3.8) is 0 Å². The maximum atomic E-state index is 11.3. The summed E-state index contributed by atoms with van der Waals surface area (Å²) in [6.45, 7) is 7.55. The Morgan fingerprint density at radius 3 is 2.92 bits per heavy atom. The molecule has 0 atom stereocenters. The van der Waals surface area contributed by atoms with Crippen LogP contribution in [0, 0.1) is 6.92 Å². The lowest BCUT2D eigenvalue weighted by molar-refractivity contribution is 0.0526. The molecule has 1 aromatic carbocycles. The Balaban J connectivity index is 2.99. The Morgan fingerprint density at radius 1 is 1.62 bits per heavy atom. The largest absolute Gasteiger partial charge is 0.462 e. The van der Waals surface area contributed by atoms with Crippen LogP contribution in [0.15, 0.2) is 18.2 Å². The smallest absolute Gasteiger partial charge is 0.339 e. The minimum atomic E-state index is -0.445. The Kier molecular flexibility index (Phi) is 3.32. The van der Waals surface area contributed by atoms with E-state index in [4.69, 9.17) is 23.3 Å². The number of esters is 1. The van der Waals surface area contributed by atoms with Crippen molar-refractivity contribution in [3.05, 3.63) is 41.3 Å². The summed E-state index contributed by atoms with van der Waals surface area (Å²) < 4.78 is 4.78. The molecule has 0 bridgehead atoms. The molecule has 1 rings (SSSR count). The van der Waals surface area contributed by atoms with Crippen LogP contribution in [0.4, 0.5) is 0 Å². The van der Waals surface area contributed by atoms with E-state index in [-0.39, 0.29) is 0 Å². The van der Waals surface area contributed by atoms with Gasteiger partial charge < -0.3 is 4.74 Å². The van der Waals surface area contributed by atoms with Gasteiger partial charge in [0.1, 0.15) is 0 Å². The molecule has 0 spiro atoms. The molecule has 0 saturated heterocycles. The van der Waals surface area contributed by atoms with Crippen molar-refractivity contribution in [1.29, 1.82) is 0 Å². The van der Waals surface area contributed by atoms with Crippen LogP contribution < -0.4 is 0 Å².